The van der Waals surface area contributed by atoms with Gasteiger partial charge in [0, 0.05) is 12.1 Å². The van der Waals surface area contributed by atoms with Gasteiger partial charge in [-0.3, -0.25) is 14.9 Å². The number of ether oxygens (including phenoxy) is 1. The summed E-state index contributed by atoms with van der Waals surface area (Å²) >= 11 is 0. The van der Waals surface area contributed by atoms with Crippen LogP contribution in [0.25, 0.3) is 0 Å². The summed E-state index contributed by atoms with van der Waals surface area (Å²) in [6.45, 7) is 3.44. The van der Waals surface area contributed by atoms with Gasteiger partial charge in [0.25, 0.3) is 5.91 Å². The molecule has 0 saturated heterocycles. The van der Waals surface area contributed by atoms with Crippen LogP contribution in [-0.2, 0) is 4.79 Å². The molecule has 1 heterocycles. The van der Waals surface area contributed by atoms with Crippen LogP contribution in [0.15, 0.2) is 34.9 Å². The molecule has 8 heteroatoms. The molecular weight excluding hydrogens is 290 g/mol. The van der Waals surface area contributed by atoms with Crippen molar-refractivity contribution in [3.63, 3.8) is 0 Å². The van der Waals surface area contributed by atoms with Crippen LogP contribution in [0.1, 0.15) is 19.1 Å². The zero-order valence-electron chi connectivity index (χ0n) is 12.1. The second-order valence-corrected chi connectivity index (χ2v) is 4.55. The number of benzene rings is 1. The third-order valence-corrected chi connectivity index (χ3v) is 2.87. The highest BCUT2D eigenvalue weighted by atomic mass is 16.6. The van der Waals surface area contributed by atoms with E-state index in [1.54, 1.807) is 26.0 Å². The third kappa shape index (κ3) is 3.60. The van der Waals surface area contributed by atoms with E-state index in [1.807, 2.05) is 0 Å². The van der Waals surface area contributed by atoms with E-state index in [1.165, 1.54) is 18.2 Å². The average molecular weight is 305 g/mol. The number of rotatable bonds is 6. The molecule has 2 aromatic rings. The zero-order valence-corrected chi connectivity index (χ0v) is 12.1. The molecule has 1 aromatic heterocycles. The fraction of sp³-hybridized carbons (Fsp3) is 0.286. The molecule has 0 bridgehead atoms. The number of carbonyl (C=O) groups excluding carboxylic acids is 1. The maximum absolute atomic E-state index is 12.2. The van der Waals surface area contributed by atoms with Gasteiger partial charge >= 0.3 is 5.69 Å². The molecule has 8 nitrogen and oxygen atoms in total. The molecule has 116 valence electrons. The lowest BCUT2D eigenvalue weighted by Gasteiger charge is -2.16. The van der Waals surface area contributed by atoms with Crippen LogP contribution < -0.4 is 10.1 Å². The van der Waals surface area contributed by atoms with Gasteiger partial charge in [-0.05, 0) is 19.4 Å². The number of nitro groups is 1. The molecular formula is C14H15N3O5. The van der Waals surface area contributed by atoms with Crippen molar-refractivity contribution in [3.05, 3.63) is 46.2 Å². The van der Waals surface area contributed by atoms with Gasteiger partial charge in [0.15, 0.2) is 17.7 Å². The summed E-state index contributed by atoms with van der Waals surface area (Å²) < 4.78 is 10.3. The highest BCUT2D eigenvalue weighted by Crippen LogP contribution is 2.27. The fourth-order valence-electron chi connectivity index (χ4n) is 1.82. The lowest BCUT2D eigenvalue weighted by atomic mass is 10.2. The summed E-state index contributed by atoms with van der Waals surface area (Å²) in [5.41, 5.74) is -0.189. The van der Waals surface area contributed by atoms with Crippen LogP contribution in [0.2, 0.25) is 0 Å². The molecule has 0 aliphatic carbocycles. The van der Waals surface area contributed by atoms with Crippen LogP contribution in [-0.4, -0.2) is 22.1 Å². The molecule has 0 spiro atoms. The Bertz CT molecular complexity index is 683. The molecule has 1 N–H and O–H groups in total. The number of hydrogen-bond acceptors (Lipinski definition) is 6. The third-order valence-electron chi connectivity index (χ3n) is 2.87. The lowest BCUT2D eigenvalue weighted by molar-refractivity contribution is -0.386. The highest BCUT2D eigenvalue weighted by Gasteiger charge is 2.23. The number of aromatic nitrogens is 1. The molecule has 0 fully saturated rings. The van der Waals surface area contributed by atoms with Gasteiger partial charge in [-0.1, -0.05) is 24.2 Å². The number of hydrogen-bond donors (Lipinski definition) is 1. The SMILES string of the molecule is CC[C@H](Oc1ccccc1[N+](=O)[O-])C(=O)Nc1cc(C)on1. The van der Waals surface area contributed by atoms with Gasteiger partial charge < -0.3 is 14.6 Å². The van der Waals surface area contributed by atoms with Crippen molar-refractivity contribution < 1.29 is 19.0 Å². The van der Waals surface area contributed by atoms with Crippen molar-refractivity contribution in [2.24, 2.45) is 0 Å². The van der Waals surface area contributed by atoms with Gasteiger partial charge in [-0.2, -0.15) is 0 Å². The smallest absolute Gasteiger partial charge is 0.310 e. The predicted octanol–water partition coefficient (Wildman–Crippen LogP) is 2.69. The molecule has 22 heavy (non-hydrogen) atoms. The van der Waals surface area contributed by atoms with Crippen LogP contribution in [0, 0.1) is 17.0 Å². The van der Waals surface area contributed by atoms with E-state index in [-0.39, 0.29) is 17.3 Å². The molecule has 2 rings (SSSR count). The monoisotopic (exact) mass is 305 g/mol. The Morgan fingerprint density at radius 2 is 2.23 bits per heavy atom. The van der Waals surface area contributed by atoms with Gasteiger partial charge in [0.2, 0.25) is 0 Å². The maximum atomic E-state index is 12.2. The number of nitrogens with one attached hydrogen (secondary N) is 1. The Kier molecular flexibility index (Phi) is 4.72. The van der Waals surface area contributed by atoms with E-state index >= 15 is 0 Å². The summed E-state index contributed by atoms with van der Waals surface area (Å²) in [4.78, 5) is 22.6. The van der Waals surface area contributed by atoms with Crippen molar-refractivity contribution in [1.82, 2.24) is 5.16 Å². The molecule has 1 amide bonds. The number of anilines is 1. The van der Waals surface area contributed by atoms with Crippen molar-refractivity contribution >= 4 is 17.4 Å². The number of para-hydroxylation sites is 2. The first-order valence-electron chi connectivity index (χ1n) is 6.65. The Labute approximate surface area is 126 Å². The van der Waals surface area contributed by atoms with E-state index in [9.17, 15) is 14.9 Å². The summed E-state index contributed by atoms with van der Waals surface area (Å²) in [5.74, 6) is 0.426. The molecule has 0 unspecified atom stereocenters. The largest absolute Gasteiger partial charge is 0.473 e. The van der Waals surface area contributed by atoms with Crippen LogP contribution in [0.4, 0.5) is 11.5 Å². The first-order chi connectivity index (χ1) is 10.5. The normalized spacial score (nSPS) is 11.7. The summed E-state index contributed by atoms with van der Waals surface area (Å²) in [6, 6.07) is 7.48. The zero-order chi connectivity index (χ0) is 16.1. The van der Waals surface area contributed by atoms with E-state index in [2.05, 4.69) is 10.5 Å². The van der Waals surface area contributed by atoms with Crippen molar-refractivity contribution in [2.75, 3.05) is 5.32 Å². The summed E-state index contributed by atoms with van der Waals surface area (Å²) in [6.07, 6.45) is -0.535. The number of amides is 1. The van der Waals surface area contributed by atoms with Crippen molar-refractivity contribution in [2.45, 2.75) is 26.4 Å². The molecule has 0 aliphatic rings. The van der Waals surface area contributed by atoms with Crippen molar-refractivity contribution in [1.29, 1.82) is 0 Å². The second-order valence-electron chi connectivity index (χ2n) is 4.55. The Morgan fingerprint density at radius 3 is 2.82 bits per heavy atom. The number of nitro benzene ring substituents is 1. The fourth-order valence-corrected chi connectivity index (χ4v) is 1.82. The number of carbonyl (C=O) groups is 1. The van der Waals surface area contributed by atoms with E-state index in [4.69, 9.17) is 9.26 Å². The van der Waals surface area contributed by atoms with Gasteiger partial charge in [-0.25, -0.2) is 0 Å². The minimum absolute atomic E-state index is 0.0471. The van der Waals surface area contributed by atoms with E-state index < -0.39 is 16.9 Å². The summed E-state index contributed by atoms with van der Waals surface area (Å²) in [7, 11) is 0. The Balaban J connectivity index is 2.12. The number of aryl methyl sites for hydroxylation is 1. The van der Waals surface area contributed by atoms with Crippen LogP contribution in [0.3, 0.4) is 0 Å². The van der Waals surface area contributed by atoms with E-state index in [0.29, 0.717) is 12.2 Å². The first-order valence-corrected chi connectivity index (χ1v) is 6.65. The van der Waals surface area contributed by atoms with Crippen LogP contribution in [0.5, 0.6) is 5.75 Å². The van der Waals surface area contributed by atoms with Crippen molar-refractivity contribution in [3.8, 4) is 5.75 Å². The Morgan fingerprint density at radius 1 is 1.50 bits per heavy atom. The topological polar surface area (TPSA) is 108 Å². The average Bonchev–Trinajstić information content (AvgIpc) is 2.90. The van der Waals surface area contributed by atoms with Crippen LogP contribution >= 0.6 is 0 Å². The minimum Gasteiger partial charge on any atom is -0.473 e. The molecule has 1 atom stereocenters. The molecule has 0 saturated carbocycles. The van der Waals surface area contributed by atoms with E-state index in [0.717, 1.165) is 0 Å². The predicted molar refractivity (Wildman–Crippen MR) is 77.7 cm³/mol. The maximum Gasteiger partial charge on any atom is 0.310 e. The molecule has 0 aliphatic heterocycles. The minimum atomic E-state index is -0.877. The van der Waals surface area contributed by atoms with Gasteiger partial charge in [-0.15, -0.1) is 0 Å². The van der Waals surface area contributed by atoms with Gasteiger partial charge in [0.05, 0.1) is 4.92 Å². The Hall–Kier alpha value is -2.90. The molecule has 0 radical (unpaired) electrons. The second kappa shape index (κ2) is 6.70. The quantitative estimate of drug-likeness (QED) is 0.649. The first kappa shape index (κ1) is 15.5. The molecule has 1 aromatic carbocycles. The lowest BCUT2D eigenvalue weighted by Crippen LogP contribution is -2.32. The summed E-state index contributed by atoms with van der Waals surface area (Å²) in [5, 5.41) is 17.2. The standard InChI is InChI=1S/C14H15N3O5/c1-3-11(14(18)15-13-8-9(2)22-16-13)21-12-7-5-4-6-10(12)17(19)20/h4-8,11H,3H2,1-2H3,(H,15,16,18)/t11-/m0/s1. The highest BCUT2D eigenvalue weighted by molar-refractivity contribution is 5.93. The number of nitrogens with zero attached hydrogens (tertiary/aromatic N) is 2. The van der Waals surface area contributed by atoms with Gasteiger partial charge in [0.1, 0.15) is 5.76 Å².